The van der Waals surface area contributed by atoms with Crippen LogP contribution in [0, 0.1) is 18.7 Å². The van der Waals surface area contributed by atoms with Crippen molar-refractivity contribution in [3.05, 3.63) is 29.6 Å². The highest BCUT2D eigenvalue weighted by Gasteiger charge is 2.37. The molecule has 2 atom stereocenters. The van der Waals surface area contributed by atoms with E-state index in [2.05, 4.69) is 12.2 Å². The quantitative estimate of drug-likeness (QED) is 0.862. The van der Waals surface area contributed by atoms with Gasteiger partial charge in [-0.05, 0) is 49.4 Å². The van der Waals surface area contributed by atoms with Gasteiger partial charge in [0.05, 0.1) is 5.54 Å². The van der Waals surface area contributed by atoms with Gasteiger partial charge >= 0.3 is 0 Å². The first-order valence-electron chi connectivity index (χ1n) is 6.76. The first kappa shape index (κ1) is 14.0. The maximum absolute atomic E-state index is 13.3. The van der Waals surface area contributed by atoms with Crippen LogP contribution < -0.4 is 11.1 Å². The van der Waals surface area contributed by atoms with Gasteiger partial charge in [-0.3, -0.25) is 4.79 Å². The van der Waals surface area contributed by atoms with Crippen molar-refractivity contribution in [1.29, 1.82) is 0 Å². The molecule has 0 radical (unpaired) electrons. The number of amides is 1. The van der Waals surface area contributed by atoms with Crippen LogP contribution in [0.2, 0.25) is 0 Å². The summed E-state index contributed by atoms with van der Waals surface area (Å²) in [7, 11) is 0. The fraction of sp³-hybridized carbons (Fsp3) is 0.533. The van der Waals surface area contributed by atoms with Crippen LogP contribution in [0.15, 0.2) is 18.2 Å². The summed E-state index contributed by atoms with van der Waals surface area (Å²) in [6, 6.07) is 4.49. The zero-order valence-electron chi connectivity index (χ0n) is 11.5. The topological polar surface area (TPSA) is 55.1 Å². The average Bonchev–Trinajstić information content (AvgIpc) is 2.26. The number of rotatable bonds is 2. The van der Waals surface area contributed by atoms with Gasteiger partial charge in [-0.15, -0.1) is 0 Å². The molecule has 0 aliphatic heterocycles. The number of benzene rings is 1. The van der Waals surface area contributed by atoms with Gasteiger partial charge in [-0.25, -0.2) is 4.39 Å². The molecule has 4 heteroatoms. The molecule has 2 rings (SSSR count). The van der Waals surface area contributed by atoms with E-state index in [9.17, 15) is 9.18 Å². The van der Waals surface area contributed by atoms with Crippen molar-refractivity contribution in [3.63, 3.8) is 0 Å². The molecule has 0 saturated heterocycles. The predicted octanol–water partition coefficient (Wildman–Crippen LogP) is 2.98. The number of hydrogen-bond acceptors (Lipinski definition) is 2. The lowest BCUT2D eigenvalue weighted by Gasteiger charge is -2.35. The molecule has 1 aromatic carbocycles. The van der Waals surface area contributed by atoms with Gasteiger partial charge in [0.25, 0.3) is 0 Å². The molecule has 1 aromatic rings. The predicted molar refractivity (Wildman–Crippen MR) is 74.3 cm³/mol. The summed E-state index contributed by atoms with van der Waals surface area (Å²) in [5.74, 6) is -0.0961. The highest BCUT2D eigenvalue weighted by atomic mass is 19.1. The van der Waals surface area contributed by atoms with E-state index in [0.29, 0.717) is 24.4 Å². The van der Waals surface area contributed by atoms with Crippen LogP contribution in [0.25, 0.3) is 0 Å². The van der Waals surface area contributed by atoms with Crippen molar-refractivity contribution in [1.82, 2.24) is 0 Å². The van der Waals surface area contributed by atoms with Crippen molar-refractivity contribution in [3.8, 4) is 0 Å². The second-order valence-electron chi connectivity index (χ2n) is 5.83. The lowest BCUT2D eigenvalue weighted by atomic mass is 9.76. The highest BCUT2D eigenvalue weighted by molar-refractivity contribution is 5.98. The minimum Gasteiger partial charge on any atom is -0.324 e. The van der Waals surface area contributed by atoms with Crippen LogP contribution in [0.4, 0.5) is 10.1 Å². The van der Waals surface area contributed by atoms with E-state index in [4.69, 9.17) is 5.73 Å². The molecule has 1 fully saturated rings. The SMILES string of the molecule is Cc1cc(F)cc(NC(=O)C2(N)CCCC(C)C2)c1. The minimum absolute atomic E-state index is 0.205. The fourth-order valence-corrected chi connectivity index (χ4v) is 2.86. The van der Waals surface area contributed by atoms with Gasteiger partial charge in [0.2, 0.25) is 5.91 Å². The molecule has 2 unspecified atom stereocenters. The van der Waals surface area contributed by atoms with Crippen LogP contribution in [0.3, 0.4) is 0 Å². The van der Waals surface area contributed by atoms with Crippen LogP contribution >= 0.6 is 0 Å². The molecule has 0 heterocycles. The van der Waals surface area contributed by atoms with E-state index >= 15 is 0 Å². The zero-order valence-corrected chi connectivity index (χ0v) is 11.5. The number of nitrogens with two attached hydrogens (primary N) is 1. The largest absolute Gasteiger partial charge is 0.324 e. The normalized spacial score (nSPS) is 27.1. The van der Waals surface area contributed by atoms with E-state index in [1.165, 1.54) is 12.1 Å². The molecule has 1 amide bonds. The number of carbonyl (C=O) groups excluding carboxylic acids is 1. The average molecular weight is 264 g/mol. The molecule has 104 valence electrons. The maximum atomic E-state index is 13.3. The minimum atomic E-state index is -0.822. The number of anilines is 1. The van der Waals surface area contributed by atoms with Crippen LogP contribution in [-0.2, 0) is 4.79 Å². The monoisotopic (exact) mass is 264 g/mol. The number of aryl methyl sites for hydroxylation is 1. The summed E-state index contributed by atoms with van der Waals surface area (Å²) >= 11 is 0. The Labute approximate surface area is 113 Å². The lowest BCUT2D eigenvalue weighted by molar-refractivity contribution is -0.122. The summed E-state index contributed by atoms with van der Waals surface area (Å²) in [5, 5.41) is 2.75. The zero-order chi connectivity index (χ0) is 14.0. The Morgan fingerprint density at radius 2 is 2.21 bits per heavy atom. The number of carbonyl (C=O) groups is 1. The summed E-state index contributed by atoms with van der Waals surface area (Å²) in [5.41, 5.74) is 6.64. The first-order valence-corrected chi connectivity index (χ1v) is 6.76. The van der Waals surface area contributed by atoms with Crippen LogP contribution in [0.5, 0.6) is 0 Å². The Morgan fingerprint density at radius 3 is 2.84 bits per heavy atom. The molecule has 1 saturated carbocycles. The molecule has 0 spiro atoms. The summed E-state index contributed by atoms with van der Waals surface area (Å²) in [6.45, 7) is 3.90. The smallest absolute Gasteiger partial charge is 0.244 e. The van der Waals surface area contributed by atoms with Crippen molar-refractivity contribution >= 4 is 11.6 Å². The Morgan fingerprint density at radius 1 is 1.47 bits per heavy atom. The Bertz CT molecular complexity index is 469. The van der Waals surface area contributed by atoms with Crippen molar-refractivity contribution < 1.29 is 9.18 Å². The van der Waals surface area contributed by atoms with Gasteiger partial charge < -0.3 is 11.1 Å². The summed E-state index contributed by atoms with van der Waals surface area (Å²) < 4.78 is 13.3. The second kappa shape index (κ2) is 5.29. The number of hydrogen-bond donors (Lipinski definition) is 2. The third-order valence-corrected chi connectivity index (χ3v) is 3.78. The van der Waals surface area contributed by atoms with Crippen molar-refractivity contribution in [2.45, 2.75) is 45.1 Å². The van der Waals surface area contributed by atoms with Crippen LogP contribution in [-0.4, -0.2) is 11.4 Å². The second-order valence-corrected chi connectivity index (χ2v) is 5.83. The fourth-order valence-electron chi connectivity index (χ4n) is 2.86. The van der Waals surface area contributed by atoms with Crippen molar-refractivity contribution in [2.75, 3.05) is 5.32 Å². The molecular formula is C15H21FN2O. The Kier molecular flexibility index (Phi) is 3.90. The molecule has 19 heavy (non-hydrogen) atoms. The van der Waals surface area contributed by atoms with E-state index in [0.717, 1.165) is 18.4 Å². The number of halogens is 1. The third-order valence-electron chi connectivity index (χ3n) is 3.78. The Balaban J connectivity index is 2.11. The van der Waals surface area contributed by atoms with E-state index in [1.54, 1.807) is 13.0 Å². The molecule has 1 aliphatic rings. The number of nitrogens with one attached hydrogen (secondary N) is 1. The highest BCUT2D eigenvalue weighted by Crippen LogP contribution is 2.31. The molecule has 0 aromatic heterocycles. The van der Waals surface area contributed by atoms with Gasteiger partial charge in [-0.2, -0.15) is 0 Å². The van der Waals surface area contributed by atoms with E-state index < -0.39 is 5.54 Å². The molecule has 0 bridgehead atoms. The first-order chi connectivity index (χ1) is 8.89. The van der Waals surface area contributed by atoms with Crippen LogP contribution in [0.1, 0.15) is 38.2 Å². The van der Waals surface area contributed by atoms with Gasteiger partial charge in [0.15, 0.2) is 0 Å². The van der Waals surface area contributed by atoms with E-state index in [-0.39, 0.29) is 11.7 Å². The van der Waals surface area contributed by atoms with E-state index in [1.807, 2.05) is 0 Å². The van der Waals surface area contributed by atoms with Gasteiger partial charge in [0.1, 0.15) is 5.82 Å². The van der Waals surface area contributed by atoms with Gasteiger partial charge in [-0.1, -0.05) is 19.8 Å². The molecule has 3 nitrogen and oxygen atoms in total. The lowest BCUT2D eigenvalue weighted by Crippen LogP contribution is -2.53. The van der Waals surface area contributed by atoms with Crippen molar-refractivity contribution in [2.24, 2.45) is 11.7 Å². The maximum Gasteiger partial charge on any atom is 0.244 e. The molecule has 1 aliphatic carbocycles. The Hall–Kier alpha value is -1.42. The summed E-state index contributed by atoms with van der Waals surface area (Å²) in [6.07, 6.45) is 3.46. The molecular weight excluding hydrogens is 243 g/mol. The third kappa shape index (κ3) is 3.32. The van der Waals surface area contributed by atoms with Gasteiger partial charge in [0, 0.05) is 5.69 Å². The molecule has 3 N–H and O–H groups in total. The summed E-state index contributed by atoms with van der Waals surface area (Å²) in [4.78, 5) is 12.3. The standard InChI is InChI=1S/C15H21FN2O/c1-10-4-3-5-15(17,9-10)14(19)18-13-7-11(2)6-12(16)8-13/h6-8,10H,3-5,9,17H2,1-2H3,(H,18,19).